The van der Waals surface area contributed by atoms with Crippen LogP contribution >= 0.6 is 0 Å². The third-order valence-electron chi connectivity index (χ3n) is 1.74. The quantitative estimate of drug-likeness (QED) is 0.657. The SMILES string of the molecule is C=C/C(O)=c1/cccc/c1=C/C. The van der Waals surface area contributed by atoms with Crippen LogP contribution in [0.5, 0.6) is 0 Å². The average molecular weight is 160 g/mol. The molecular weight excluding hydrogens is 148 g/mol. The Kier molecular flexibility index (Phi) is 2.70. The van der Waals surface area contributed by atoms with Crippen molar-refractivity contribution in [2.75, 3.05) is 0 Å². The molecule has 1 aromatic rings. The summed E-state index contributed by atoms with van der Waals surface area (Å²) < 4.78 is 0. The van der Waals surface area contributed by atoms with Gasteiger partial charge < -0.3 is 5.11 Å². The van der Waals surface area contributed by atoms with Gasteiger partial charge in [0.05, 0.1) is 0 Å². The van der Waals surface area contributed by atoms with Crippen molar-refractivity contribution < 1.29 is 5.11 Å². The molecule has 0 saturated heterocycles. The summed E-state index contributed by atoms with van der Waals surface area (Å²) >= 11 is 0. The molecule has 1 heteroatoms. The number of rotatable bonds is 1. The van der Waals surface area contributed by atoms with Crippen molar-refractivity contribution in [2.24, 2.45) is 0 Å². The summed E-state index contributed by atoms with van der Waals surface area (Å²) in [5.74, 6) is 0.226. The van der Waals surface area contributed by atoms with E-state index in [1.54, 1.807) is 0 Å². The topological polar surface area (TPSA) is 20.2 Å². The predicted octanol–water partition coefficient (Wildman–Crippen LogP) is 1.34. The van der Waals surface area contributed by atoms with Crippen LogP contribution in [0.3, 0.4) is 0 Å². The molecule has 12 heavy (non-hydrogen) atoms. The number of hydrogen-bond acceptors (Lipinski definition) is 1. The van der Waals surface area contributed by atoms with E-state index in [4.69, 9.17) is 0 Å². The number of benzene rings is 1. The molecular formula is C11H12O. The second kappa shape index (κ2) is 3.77. The van der Waals surface area contributed by atoms with Crippen LogP contribution in [0.1, 0.15) is 6.92 Å². The smallest absolute Gasteiger partial charge is 0.122 e. The molecule has 0 heterocycles. The Balaban J connectivity index is 3.65. The van der Waals surface area contributed by atoms with E-state index in [1.807, 2.05) is 37.3 Å². The van der Waals surface area contributed by atoms with E-state index < -0.39 is 0 Å². The summed E-state index contributed by atoms with van der Waals surface area (Å²) in [6, 6.07) is 7.65. The Morgan fingerprint density at radius 3 is 2.67 bits per heavy atom. The molecule has 1 aromatic carbocycles. The maximum absolute atomic E-state index is 9.42. The lowest BCUT2D eigenvalue weighted by atomic mass is 10.2. The zero-order valence-electron chi connectivity index (χ0n) is 7.12. The van der Waals surface area contributed by atoms with Crippen molar-refractivity contribution in [1.29, 1.82) is 0 Å². The molecule has 0 aromatic heterocycles. The minimum absolute atomic E-state index is 0.226. The highest BCUT2D eigenvalue weighted by molar-refractivity contribution is 5.47. The minimum atomic E-state index is 0.226. The van der Waals surface area contributed by atoms with Crippen LogP contribution < -0.4 is 10.4 Å². The van der Waals surface area contributed by atoms with Crippen molar-refractivity contribution in [1.82, 2.24) is 0 Å². The molecule has 0 atom stereocenters. The Morgan fingerprint density at radius 1 is 1.42 bits per heavy atom. The van der Waals surface area contributed by atoms with E-state index in [9.17, 15) is 5.11 Å². The standard InChI is InChI=1S/C11H12O/c1-3-9-7-5-6-8-10(9)11(12)4-2/h3-8,12H,2H2,1H3/b9-3-,11-10+. The minimum Gasteiger partial charge on any atom is -0.507 e. The first-order valence-electron chi connectivity index (χ1n) is 3.86. The molecule has 0 spiro atoms. The predicted molar refractivity (Wildman–Crippen MR) is 52.1 cm³/mol. The first-order valence-corrected chi connectivity index (χ1v) is 3.86. The molecule has 0 saturated carbocycles. The van der Waals surface area contributed by atoms with Crippen molar-refractivity contribution in [3.63, 3.8) is 0 Å². The van der Waals surface area contributed by atoms with Gasteiger partial charge in [-0.05, 0) is 18.2 Å². The molecule has 62 valence electrons. The molecule has 0 bridgehead atoms. The lowest BCUT2D eigenvalue weighted by Crippen LogP contribution is -2.25. The maximum Gasteiger partial charge on any atom is 0.122 e. The van der Waals surface area contributed by atoms with Crippen molar-refractivity contribution in [3.05, 3.63) is 47.4 Å². The highest BCUT2D eigenvalue weighted by Crippen LogP contribution is 1.83. The summed E-state index contributed by atoms with van der Waals surface area (Å²) in [5, 5.41) is 11.3. The summed E-state index contributed by atoms with van der Waals surface area (Å²) in [5.41, 5.74) is 0. The average Bonchev–Trinajstić information content (AvgIpc) is 2.16. The van der Waals surface area contributed by atoms with Gasteiger partial charge in [-0.1, -0.05) is 36.9 Å². The summed E-state index contributed by atoms with van der Waals surface area (Å²) in [4.78, 5) is 0. The first-order chi connectivity index (χ1) is 5.79. The van der Waals surface area contributed by atoms with Crippen LogP contribution in [-0.4, -0.2) is 5.11 Å². The molecule has 1 nitrogen and oxygen atoms in total. The fourth-order valence-corrected chi connectivity index (χ4v) is 1.09. The number of aliphatic hydroxyl groups excluding tert-OH is 1. The van der Waals surface area contributed by atoms with Crippen molar-refractivity contribution in [3.8, 4) is 0 Å². The van der Waals surface area contributed by atoms with E-state index in [-0.39, 0.29) is 5.76 Å². The lowest BCUT2D eigenvalue weighted by molar-refractivity contribution is 0.511. The fraction of sp³-hybridized carbons (Fsp3) is 0.0909. The molecule has 0 amide bonds. The lowest BCUT2D eigenvalue weighted by Gasteiger charge is -1.91. The van der Waals surface area contributed by atoms with Gasteiger partial charge in [-0.15, -0.1) is 0 Å². The zero-order valence-corrected chi connectivity index (χ0v) is 7.12. The van der Waals surface area contributed by atoms with Crippen LogP contribution in [0.15, 0.2) is 36.9 Å². The van der Waals surface area contributed by atoms with Gasteiger partial charge in [0, 0.05) is 5.22 Å². The Bertz CT molecular complexity index is 388. The van der Waals surface area contributed by atoms with Gasteiger partial charge in [-0.2, -0.15) is 0 Å². The Labute approximate surface area is 72.0 Å². The van der Waals surface area contributed by atoms with E-state index in [0.29, 0.717) is 0 Å². The molecule has 0 aliphatic carbocycles. The van der Waals surface area contributed by atoms with Crippen LogP contribution in [0.25, 0.3) is 11.8 Å². The highest BCUT2D eigenvalue weighted by Gasteiger charge is 1.88. The first kappa shape index (κ1) is 8.60. The largest absolute Gasteiger partial charge is 0.507 e. The Morgan fingerprint density at radius 2 is 2.08 bits per heavy atom. The van der Waals surface area contributed by atoms with Gasteiger partial charge in [-0.3, -0.25) is 0 Å². The van der Waals surface area contributed by atoms with Crippen molar-refractivity contribution in [2.45, 2.75) is 6.92 Å². The third-order valence-corrected chi connectivity index (χ3v) is 1.74. The summed E-state index contributed by atoms with van der Waals surface area (Å²) in [7, 11) is 0. The van der Waals surface area contributed by atoms with Gasteiger partial charge in [0.1, 0.15) is 5.76 Å². The maximum atomic E-state index is 9.42. The summed E-state index contributed by atoms with van der Waals surface area (Å²) in [6.45, 7) is 5.45. The zero-order chi connectivity index (χ0) is 8.97. The molecule has 0 aliphatic heterocycles. The van der Waals surface area contributed by atoms with Gasteiger partial charge in [0.2, 0.25) is 0 Å². The third kappa shape index (κ3) is 1.56. The molecule has 1 N–H and O–H groups in total. The second-order valence-electron chi connectivity index (χ2n) is 2.47. The number of hydrogen-bond donors (Lipinski definition) is 1. The molecule has 0 aliphatic rings. The molecule has 0 fully saturated rings. The van der Waals surface area contributed by atoms with E-state index in [0.717, 1.165) is 10.4 Å². The van der Waals surface area contributed by atoms with Gasteiger partial charge in [0.25, 0.3) is 0 Å². The monoisotopic (exact) mass is 160 g/mol. The van der Waals surface area contributed by atoms with Gasteiger partial charge >= 0.3 is 0 Å². The van der Waals surface area contributed by atoms with E-state index >= 15 is 0 Å². The van der Waals surface area contributed by atoms with Crippen LogP contribution in [0.4, 0.5) is 0 Å². The fourth-order valence-electron chi connectivity index (χ4n) is 1.09. The van der Waals surface area contributed by atoms with Gasteiger partial charge in [0.15, 0.2) is 0 Å². The van der Waals surface area contributed by atoms with E-state index in [1.165, 1.54) is 6.08 Å². The normalized spacial score (nSPS) is 14.2. The molecule has 0 unspecified atom stereocenters. The summed E-state index contributed by atoms with van der Waals surface area (Å²) in [6.07, 6.45) is 3.40. The van der Waals surface area contributed by atoms with E-state index in [2.05, 4.69) is 6.58 Å². The van der Waals surface area contributed by atoms with Crippen molar-refractivity contribution >= 4 is 11.8 Å². The molecule has 1 rings (SSSR count). The molecule has 0 radical (unpaired) electrons. The van der Waals surface area contributed by atoms with Gasteiger partial charge in [-0.25, -0.2) is 0 Å². The Hall–Kier alpha value is -1.50. The van der Waals surface area contributed by atoms with Crippen LogP contribution in [-0.2, 0) is 0 Å². The number of aliphatic hydroxyl groups is 1. The van der Waals surface area contributed by atoms with Crippen LogP contribution in [0, 0.1) is 0 Å². The van der Waals surface area contributed by atoms with Crippen LogP contribution in [0.2, 0.25) is 0 Å². The second-order valence-corrected chi connectivity index (χ2v) is 2.47. The highest BCUT2D eigenvalue weighted by atomic mass is 16.3.